The molecule has 0 unspecified atom stereocenters. The number of rotatable bonds is 2. The zero-order valence-electron chi connectivity index (χ0n) is 12.9. The molecule has 0 spiro atoms. The summed E-state index contributed by atoms with van der Waals surface area (Å²) in [7, 11) is 0. The molecular formula is C15H16F6O2. The zero-order chi connectivity index (χ0) is 18.3. The van der Waals surface area contributed by atoms with E-state index in [9.17, 15) is 31.1 Å². The van der Waals surface area contributed by atoms with Gasteiger partial charge in [0, 0.05) is 0 Å². The van der Waals surface area contributed by atoms with Crippen molar-refractivity contribution in [3.05, 3.63) is 29.8 Å². The summed E-state index contributed by atoms with van der Waals surface area (Å²) in [5.74, 6) is -2.80. The molecule has 0 amide bonds. The van der Waals surface area contributed by atoms with Gasteiger partial charge in [-0.3, -0.25) is 4.79 Å². The molecule has 2 nitrogen and oxygen atoms in total. The van der Waals surface area contributed by atoms with Crippen molar-refractivity contribution < 1.29 is 35.9 Å². The van der Waals surface area contributed by atoms with Gasteiger partial charge in [0.05, 0.1) is 0 Å². The van der Waals surface area contributed by atoms with Crippen molar-refractivity contribution in [1.29, 1.82) is 0 Å². The molecule has 0 radical (unpaired) electrons. The molecule has 0 aliphatic rings. The molecule has 1 aromatic rings. The van der Waals surface area contributed by atoms with Gasteiger partial charge in [-0.2, -0.15) is 26.3 Å². The highest BCUT2D eigenvalue weighted by Gasteiger charge is 2.73. The van der Waals surface area contributed by atoms with E-state index in [0.717, 1.165) is 17.7 Å². The monoisotopic (exact) mass is 342 g/mol. The topological polar surface area (TPSA) is 26.3 Å². The summed E-state index contributed by atoms with van der Waals surface area (Å²) in [4.78, 5) is 11.5. The van der Waals surface area contributed by atoms with Crippen LogP contribution in [0.2, 0.25) is 0 Å². The predicted molar refractivity (Wildman–Crippen MR) is 71.0 cm³/mol. The molecule has 0 bridgehead atoms. The Kier molecular flexibility index (Phi) is 4.81. The van der Waals surface area contributed by atoms with E-state index in [1.54, 1.807) is 0 Å². The van der Waals surface area contributed by atoms with E-state index in [2.05, 4.69) is 4.74 Å². The summed E-state index contributed by atoms with van der Waals surface area (Å²) in [5.41, 5.74) is -4.08. The van der Waals surface area contributed by atoms with Crippen molar-refractivity contribution in [3.8, 4) is 5.75 Å². The highest BCUT2D eigenvalue weighted by Crippen LogP contribution is 2.50. The van der Waals surface area contributed by atoms with Crippen molar-refractivity contribution in [2.45, 2.75) is 45.5 Å². The molecule has 1 rings (SSSR count). The SMILES string of the molecule is CC(C)(C)c1ccc(OC(=O)C(C)(C(F)(F)F)C(F)(F)F)cc1. The number of hydrogen-bond donors (Lipinski definition) is 0. The number of esters is 1. The number of hydrogen-bond acceptors (Lipinski definition) is 2. The average Bonchev–Trinajstić information content (AvgIpc) is 2.34. The molecule has 0 saturated carbocycles. The first-order chi connectivity index (χ1) is 10.1. The fourth-order valence-electron chi connectivity index (χ4n) is 1.62. The van der Waals surface area contributed by atoms with Gasteiger partial charge in [-0.15, -0.1) is 0 Å². The molecule has 0 aromatic heterocycles. The summed E-state index contributed by atoms with van der Waals surface area (Å²) < 4.78 is 80.8. The van der Waals surface area contributed by atoms with Gasteiger partial charge in [0.1, 0.15) is 5.75 Å². The Bertz CT molecular complexity index is 550. The van der Waals surface area contributed by atoms with E-state index in [-0.39, 0.29) is 18.1 Å². The Hall–Kier alpha value is -1.73. The van der Waals surface area contributed by atoms with Crippen LogP contribution in [0.25, 0.3) is 0 Å². The summed E-state index contributed by atoms with van der Waals surface area (Å²) >= 11 is 0. The van der Waals surface area contributed by atoms with Gasteiger partial charge in [0.25, 0.3) is 5.41 Å². The van der Waals surface area contributed by atoms with Gasteiger partial charge in [0.2, 0.25) is 0 Å². The van der Waals surface area contributed by atoms with Crippen molar-refractivity contribution in [2.75, 3.05) is 0 Å². The van der Waals surface area contributed by atoms with E-state index in [1.807, 2.05) is 20.8 Å². The minimum absolute atomic E-state index is 0.237. The molecule has 0 aliphatic heterocycles. The standard InChI is InChI=1S/C15H16F6O2/c1-12(2,3)9-5-7-10(8-6-9)23-11(22)13(4,14(16,17)18)15(19,20)21/h5-8H,1-4H3. The predicted octanol–water partition coefficient (Wildman–Crippen LogP) is 5.02. The van der Waals surface area contributed by atoms with Crippen LogP contribution in [0.5, 0.6) is 5.75 Å². The highest BCUT2D eigenvalue weighted by molar-refractivity contribution is 5.80. The van der Waals surface area contributed by atoms with E-state index >= 15 is 0 Å². The van der Waals surface area contributed by atoms with Crippen LogP contribution in [0.3, 0.4) is 0 Å². The summed E-state index contributed by atoms with van der Waals surface area (Å²) in [5, 5.41) is 0. The Labute approximate surface area is 129 Å². The lowest BCUT2D eigenvalue weighted by molar-refractivity contribution is -0.323. The first-order valence-electron chi connectivity index (χ1n) is 6.57. The number of benzene rings is 1. The quantitative estimate of drug-likeness (QED) is 0.428. The van der Waals surface area contributed by atoms with E-state index in [0.29, 0.717) is 0 Å². The maximum absolute atomic E-state index is 12.8. The third-order valence-corrected chi connectivity index (χ3v) is 3.47. The van der Waals surface area contributed by atoms with Gasteiger partial charge >= 0.3 is 18.3 Å². The van der Waals surface area contributed by atoms with E-state index < -0.39 is 23.7 Å². The van der Waals surface area contributed by atoms with Gasteiger partial charge < -0.3 is 4.74 Å². The average molecular weight is 342 g/mol. The summed E-state index contributed by atoms with van der Waals surface area (Å²) in [6.07, 6.45) is -11.7. The maximum Gasteiger partial charge on any atom is 0.413 e. The maximum atomic E-state index is 12.8. The lowest BCUT2D eigenvalue weighted by atomic mass is 9.87. The number of carbonyl (C=O) groups is 1. The Morgan fingerprint density at radius 3 is 1.52 bits per heavy atom. The van der Waals surface area contributed by atoms with Gasteiger partial charge in [-0.05, 0) is 30.0 Å². The minimum Gasteiger partial charge on any atom is -0.426 e. The Morgan fingerprint density at radius 2 is 1.22 bits per heavy atom. The second-order valence-corrected chi connectivity index (χ2v) is 6.28. The lowest BCUT2D eigenvalue weighted by Gasteiger charge is -2.31. The lowest BCUT2D eigenvalue weighted by Crippen LogP contribution is -2.55. The first kappa shape index (κ1) is 19.3. The number of halogens is 6. The molecule has 0 aliphatic carbocycles. The smallest absolute Gasteiger partial charge is 0.413 e. The largest absolute Gasteiger partial charge is 0.426 e. The summed E-state index contributed by atoms with van der Waals surface area (Å²) in [6, 6.07) is 5.26. The molecule has 0 saturated heterocycles. The minimum atomic E-state index is -5.83. The van der Waals surface area contributed by atoms with Crippen LogP contribution in [-0.2, 0) is 10.2 Å². The second-order valence-electron chi connectivity index (χ2n) is 6.28. The van der Waals surface area contributed by atoms with E-state index in [4.69, 9.17) is 0 Å². The van der Waals surface area contributed by atoms with Crippen molar-refractivity contribution in [1.82, 2.24) is 0 Å². The number of alkyl halides is 6. The van der Waals surface area contributed by atoms with Gasteiger partial charge in [-0.1, -0.05) is 32.9 Å². The van der Waals surface area contributed by atoms with Crippen LogP contribution in [0, 0.1) is 5.41 Å². The normalized spacial score (nSPS) is 13.8. The van der Waals surface area contributed by atoms with Crippen LogP contribution in [0.15, 0.2) is 24.3 Å². The molecule has 0 heterocycles. The molecule has 130 valence electrons. The molecular weight excluding hydrogens is 326 g/mol. The molecule has 23 heavy (non-hydrogen) atoms. The van der Waals surface area contributed by atoms with Gasteiger partial charge in [-0.25, -0.2) is 0 Å². The second kappa shape index (κ2) is 5.72. The number of carbonyl (C=O) groups excluding carboxylic acids is 1. The molecule has 8 heteroatoms. The van der Waals surface area contributed by atoms with Crippen LogP contribution < -0.4 is 4.74 Å². The number of ether oxygens (including phenoxy) is 1. The van der Waals surface area contributed by atoms with Crippen LogP contribution in [0.1, 0.15) is 33.3 Å². The van der Waals surface area contributed by atoms with Crippen molar-refractivity contribution in [3.63, 3.8) is 0 Å². The molecule has 0 fully saturated rings. The molecule has 1 aromatic carbocycles. The third-order valence-electron chi connectivity index (χ3n) is 3.47. The Balaban J connectivity index is 3.10. The fraction of sp³-hybridized carbons (Fsp3) is 0.533. The first-order valence-corrected chi connectivity index (χ1v) is 6.57. The van der Waals surface area contributed by atoms with Crippen LogP contribution >= 0.6 is 0 Å². The molecule has 0 N–H and O–H groups in total. The Morgan fingerprint density at radius 1 is 0.826 bits per heavy atom. The highest BCUT2D eigenvalue weighted by atomic mass is 19.4. The van der Waals surface area contributed by atoms with Crippen LogP contribution in [0.4, 0.5) is 26.3 Å². The van der Waals surface area contributed by atoms with Crippen LogP contribution in [-0.4, -0.2) is 18.3 Å². The molecule has 0 atom stereocenters. The van der Waals surface area contributed by atoms with E-state index in [1.165, 1.54) is 12.1 Å². The third kappa shape index (κ3) is 3.79. The summed E-state index contributed by atoms with van der Waals surface area (Å²) in [6.45, 7) is 5.38. The zero-order valence-corrected chi connectivity index (χ0v) is 12.9. The van der Waals surface area contributed by atoms with Crippen molar-refractivity contribution >= 4 is 5.97 Å². The van der Waals surface area contributed by atoms with Crippen molar-refractivity contribution in [2.24, 2.45) is 5.41 Å². The fourth-order valence-corrected chi connectivity index (χ4v) is 1.62. The van der Waals surface area contributed by atoms with Gasteiger partial charge in [0.15, 0.2) is 0 Å².